The second-order valence-electron chi connectivity index (χ2n) is 6.45. The van der Waals surface area contributed by atoms with Crippen LogP contribution in [-0.2, 0) is 9.59 Å². The molecule has 144 valence electrons. The van der Waals surface area contributed by atoms with E-state index in [0.717, 1.165) is 37.1 Å². The van der Waals surface area contributed by atoms with Gasteiger partial charge in [0.1, 0.15) is 11.5 Å². The third kappa shape index (κ3) is 7.52. The Morgan fingerprint density at radius 1 is 0.704 bits per heavy atom. The van der Waals surface area contributed by atoms with E-state index < -0.39 is 0 Å². The Hall–Kier alpha value is -2.82. The predicted octanol–water partition coefficient (Wildman–Crippen LogP) is 5.74. The van der Waals surface area contributed by atoms with Gasteiger partial charge in [0.25, 0.3) is 0 Å². The van der Waals surface area contributed by atoms with Gasteiger partial charge in [0.05, 0.1) is 0 Å². The topological polar surface area (TPSA) is 67.4 Å². The number of hydrogen-bond donors (Lipinski definition) is 2. The zero-order valence-corrected chi connectivity index (χ0v) is 16.1. The lowest BCUT2D eigenvalue weighted by atomic mass is 10.2. The zero-order chi connectivity index (χ0) is 19.5. The van der Waals surface area contributed by atoms with Crippen LogP contribution in [0.1, 0.15) is 52.4 Å². The molecule has 0 saturated heterocycles. The van der Waals surface area contributed by atoms with Crippen molar-refractivity contribution in [3.05, 3.63) is 48.5 Å². The number of unbranched alkanes of at least 4 members (excludes halogenated alkanes) is 2. The summed E-state index contributed by atoms with van der Waals surface area (Å²) in [5.74, 6) is 1.42. The molecule has 0 aromatic heterocycles. The van der Waals surface area contributed by atoms with Crippen LogP contribution >= 0.6 is 0 Å². The molecule has 2 aromatic rings. The van der Waals surface area contributed by atoms with Gasteiger partial charge in [-0.3, -0.25) is 9.59 Å². The molecular weight excluding hydrogens is 340 g/mol. The van der Waals surface area contributed by atoms with Crippen molar-refractivity contribution in [2.45, 2.75) is 52.4 Å². The summed E-state index contributed by atoms with van der Waals surface area (Å²) >= 11 is 0. The molecule has 0 fully saturated rings. The van der Waals surface area contributed by atoms with Crippen molar-refractivity contribution in [2.24, 2.45) is 0 Å². The molecule has 0 atom stereocenters. The van der Waals surface area contributed by atoms with Gasteiger partial charge in [-0.2, -0.15) is 0 Å². The summed E-state index contributed by atoms with van der Waals surface area (Å²) in [6.07, 6.45) is 4.86. The van der Waals surface area contributed by atoms with Crippen molar-refractivity contribution in [3.63, 3.8) is 0 Å². The summed E-state index contributed by atoms with van der Waals surface area (Å²) < 4.78 is 5.80. The summed E-state index contributed by atoms with van der Waals surface area (Å²) in [7, 11) is 0. The van der Waals surface area contributed by atoms with Gasteiger partial charge < -0.3 is 15.4 Å². The molecule has 0 bridgehead atoms. The maximum atomic E-state index is 11.7. The number of carbonyl (C=O) groups excluding carboxylic acids is 2. The number of hydrogen-bond acceptors (Lipinski definition) is 3. The minimum absolute atomic E-state index is 0.0297. The first kappa shape index (κ1) is 20.5. The molecule has 0 radical (unpaired) electrons. The molecule has 2 N–H and O–H groups in total. The lowest BCUT2D eigenvalue weighted by Gasteiger charge is -2.09. The van der Waals surface area contributed by atoms with Gasteiger partial charge in [-0.1, -0.05) is 26.7 Å². The van der Waals surface area contributed by atoms with Crippen molar-refractivity contribution in [1.82, 2.24) is 0 Å². The van der Waals surface area contributed by atoms with Crippen molar-refractivity contribution >= 4 is 23.2 Å². The molecule has 2 aromatic carbocycles. The summed E-state index contributed by atoms with van der Waals surface area (Å²) in [5.41, 5.74) is 1.52. The van der Waals surface area contributed by atoms with Crippen LogP contribution in [0.5, 0.6) is 11.5 Å². The molecule has 0 unspecified atom stereocenters. The summed E-state index contributed by atoms with van der Waals surface area (Å²) in [5, 5.41) is 5.75. The van der Waals surface area contributed by atoms with Crippen LogP contribution in [0.2, 0.25) is 0 Å². The quantitative estimate of drug-likeness (QED) is 0.562. The fourth-order valence-electron chi connectivity index (χ4n) is 2.47. The van der Waals surface area contributed by atoms with Gasteiger partial charge in [0.15, 0.2) is 0 Å². The van der Waals surface area contributed by atoms with E-state index in [2.05, 4.69) is 24.5 Å². The molecule has 0 heterocycles. The van der Waals surface area contributed by atoms with E-state index in [1.807, 2.05) is 48.5 Å². The van der Waals surface area contributed by atoms with Crippen molar-refractivity contribution in [1.29, 1.82) is 0 Å². The Bertz CT molecular complexity index is 661. The molecule has 2 amide bonds. The molecule has 0 aliphatic heterocycles. The highest BCUT2D eigenvalue weighted by atomic mass is 16.5. The van der Waals surface area contributed by atoms with Crippen LogP contribution in [-0.4, -0.2) is 11.8 Å². The second kappa shape index (κ2) is 11.0. The molecule has 5 heteroatoms. The average Bonchev–Trinajstić information content (AvgIpc) is 2.68. The lowest BCUT2D eigenvalue weighted by Crippen LogP contribution is -2.10. The van der Waals surface area contributed by atoms with Crippen LogP contribution in [0.4, 0.5) is 11.4 Å². The number of ether oxygens (including phenoxy) is 1. The van der Waals surface area contributed by atoms with Gasteiger partial charge in [-0.05, 0) is 61.4 Å². The molecule has 0 spiro atoms. The SMILES string of the molecule is CCCCC(=O)Nc1ccc(Oc2ccc(NC(=O)CCCC)cc2)cc1. The summed E-state index contributed by atoms with van der Waals surface area (Å²) in [6.45, 7) is 4.12. The van der Waals surface area contributed by atoms with E-state index in [9.17, 15) is 9.59 Å². The number of carbonyl (C=O) groups is 2. The Morgan fingerprint density at radius 2 is 1.07 bits per heavy atom. The fourth-order valence-corrected chi connectivity index (χ4v) is 2.47. The third-order valence-corrected chi connectivity index (χ3v) is 4.03. The van der Waals surface area contributed by atoms with Crippen LogP contribution in [0, 0.1) is 0 Å². The van der Waals surface area contributed by atoms with Gasteiger partial charge in [0, 0.05) is 24.2 Å². The second-order valence-corrected chi connectivity index (χ2v) is 6.45. The highest BCUT2D eigenvalue weighted by molar-refractivity contribution is 5.91. The van der Waals surface area contributed by atoms with E-state index in [0.29, 0.717) is 24.3 Å². The molecule has 0 aliphatic rings. The Balaban J connectivity index is 1.86. The first-order chi connectivity index (χ1) is 13.1. The predicted molar refractivity (Wildman–Crippen MR) is 109 cm³/mol. The Labute approximate surface area is 161 Å². The van der Waals surface area contributed by atoms with Gasteiger partial charge in [0.2, 0.25) is 11.8 Å². The van der Waals surface area contributed by atoms with Crippen LogP contribution in [0.15, 0.2) is 48.5 Å². The van der Waals surface area contributed by atoms with E-state index >= 15 is 0 Å². The fraction of sp³-hybridized carbons (Fsp3) is 0.364. The van der Waals surface area contributed by atoms with Gasteiger partial charge in [-0.25, -0.2) is 0 Å². The first-order valence-electron chi connectivity index (χ1n) is 9.58. The summed E-state index contributed by atoms with van der Waals surface area (Å²) in [4.78, 5) is 23.5. The van der Waals surface area contributed by atoms with Crippen molar-refractivity contribution in [3.8, 4) is 11.5 Å². The number of amides is 2. The third-order valence-electron chi connectivity index (χ3n) is 4.03. The largest absolute Gasteiger partial charge is 0.457 e. The Morgan fingerprint density at radius 3 is 1.41 bits per heavy atom. The number of rotatable bonds is 10. The number of nitrogens with one attached hydrogen (secondary N) is 2. The monoisotopic (exact) mass is 368 g/mol. The zero-order valence-electron chi connectivity index (χ0n) is 16.1. The van der Waals surface area contributed by atoms with Crippen molar-refractivity contribution < 1.29 is 14.3 Å². The van der Waals surface area contributed by atoms with E-state index in [1.165, 1.54) is 0 Å². The average molecular weight is 368 g/mol. The molecular formula is C22H28N2O3. The maximum Gasteiger partial charge on any atom is 0.224 e. The molecule has 2 rings (SSSR count). The van der Waals surface area contributed by atoms with E-state index in [1.54, 1.807) is 0 Å². The lowest BCUT2D eigenvalue weighted by molar-refractivity contribution is -0.117. The van der Waals surface area contributed by atoms with Crippen LogP contribution in [0.3, 0.4) is 0 Å². The molecule has 0 saturated carbocycles. The minimum Gasteiger partial charge on any atom is -0.457 e. The summed E-state index contributed by atoms with van der Waals surface area (Å²) in [6, 6.07) is 14.5. The van der Waals surface area contributed by atoms with Crippen LogP contribution < -0.4 is 15.4 Å². The normalized spacial score (nSPS) is 10.3. The number of anilines is 2. The van der Waals surface area contributed by atoms with E-state index in [-0.39, 0.29) is 11.8 Å². The highest BCUT2D eigenvalue weighted by Gasteiger charge is 2.04. The maximum absolute atomic E-state index is 11.7. The number of benzene rings is 2. The van der Waals surface area contributed by atoms with Crippen LogP contribution in [0.25, 0.3) is 0 Å². The highest BCUT2D eigenvalue weighted by Crippen LogP contribution is 2.24. The Kier molecular flexibility index (Phi) is 8.36. The van der Waals surface area contributed by atoms with E-state index in [4.69, 9.17) is 4.74 Å². The first-order valence-corrected chi connectivity index (χ1v) is 9.58. The minimum atomic E-state index is 0.0297. The molecule has 0 aliphatic carbocycles. The van der Waals surface area contributed by atoms with Crippen molar-refractivity contribution in [2.75, 3.05) is 10.6 Å². The van der Waals surface area contributed by atoms with Gasteiger partial charge >= 0.3 is 0 Å². The standard InChI is InChI=1S/C22H28N2O3/c1-3-5-7-21(25)23-17-9-13-19(14-10-17)27-20-15-11-18(12-16-20)24-22(26)8-6-4-2/h9-16H,3-8H2,1-2H3,(H,23,25)(H,24,26). The molecule has 27 heavy (non-hydrogen) atoms. The smallest absolute Gasteiger partial charge is 0.224 e. The molecule has 5 nitrogen and oxygen atoms in total. The van der Waals surface area contributed by atoms with Gasteiger partial charge in [-0.15, -0.1) is 0 Å².